The minimum Gasteiger partial charge on any atom is -0.321 e. The maximum atomic E-state index is 13.0. The SMILES string of the molecule is Cc1ccc(NC(=O)c2cc3cc(N(C)S(=O)(=O)c4ccc(C)cc4)ccc3s2)cc1. The minimum atomic E-state index is -3.67. The van der Waals surface area contributed by atoms with Gasteiger partial charge in [-0.2, -0.15) is 0 Å². The fourth-order valence-electron chi connectivity index (χ4n) is 3.18. The third-order valence-electron chi connectivity index (χ3n) is 5.08. The van der Waals surface area contributed by atoms with Crippen molar-refractivity contribution in [3.05, 3.63) is 88.8 Å². The van der Waals surface area contributed by atoms with Crippen molar-refractivity contribution in [3.63, 3.8) is 0 Å². The van der Waals surface area contributed by atoms with E-state index in [0.29, 0.717) is 10.6 Å². The van der Waals surface area contributed by atoms with Gasteiger partial charge < -0.3 is 5.32 Å². The Hall–Kier alpha value is -3.16. The molecule has 4 aromatic rings. The maximum Gasteiger partial charge on any atom is 0.265 e. The molecule has 31 heavy (non-hydrogen) atoms. The minimum absolute atomic E-state index is 0.188. The molecule has 0 spiro atoms. The van der Waals surface area contributed by atoms with Gasteiger partial charge in [-0.15, -0.1) is 11.3 Å². The number of benzene rings is 3. The topological polar surface area (TPSA) is 66.5 Å². The molecule has 0 fully saturated rings. The molecule has 5 nitrogen and oxygen atoms in total. The second-order valence-electron chi connectivity index (χ2n) is 7.44. The van der Waals surface area contributed by atoms with E-state index in [0.717, 1.165) is 26.9 Å². The van der Waals surface area contributed by atoms with Crippen LogP contribution < -0.4 is 9.62 Å². The van der Waals surface area contributed by atoms with Crippen molar-refractivity contribution in [2.45, 2.75) is 18.7 Å². The molecule has 1 aromatic heterocycles. The predicted octanol–water partition coefficient (Wildman–Crippen LogP) is 5.60. The average Bonchev–Trinajstić information content (AvgIpc) is 3.18. The number of aryl methyl sites for hydroxylation is 2. The number of thiophene rings is 1. The smallest absolute Gasteiger partial charge is 0.265 e. The highest BCUT2D eigenvalue weighted by Crippen LogP contribution is 2.31. The van der Waals surface area contributed by atoms with Crippen LogP contribution in [0.15, 0.2) is 77.7 Å². The number of sulfonamides is 1. The van der Waals surface area contributed by atoms with Gasteiger partial charge in [0.2, 0.25) is 0 Å². The van der Waals surface area contributed by atoms with Crippen LogP contribution in [0.4, 0.5) is 11.4 Å². The number of fused-ring (bicyclic) bond motifs is 1. The molecule has 158 valence electrons. The van der Waals surface area contributed by atoms with E-state index in [4.69, 9.17) is 0 Å². The Labute approximate surface area is 186 Å². The number of carbonyl (C=O) groups is 1. The lowest BCUT2D eigenvalue weighted by atomic mass is 10.2. The summed E-state index contributed by atoms with van der Waals surface area (Å²) in [5, 5.41) is 3.72. The van der Waals surface area contributed by atoms with Crippen molar-refractivity contribution < 1.29 is 13.2 Å². The fraction of sp³-hybridized carbons (Fsp3) is 0.125. The van der Waals surface area contributed by atoms with Gasteiger partial charge in [-0.05, 0) is 67.8 Å². The molecule has 0 aliphatic heterocycles. The van der Waals surface area contributed by atoms with Gasteiger partial charge >= 0.3 is 0 Å². The molecule has 0 unspecified atom stereocenters. The Morgan fingerprint density at radius 1 is 0.871 bits per heavy atom. The molecule has 1 amide bonds. The summed E-state index contributed by atoms with van der Waals surface area (Å²) >= 11 is 1.37. The molecule has 0 bridgehead atoms. The molecule has 7 heteroatoms. The first-order valence-electron chi connectivity index (χ1n) is 9.71. The van der Waals surface area contributed by atoms with Gasteiger partial charge in [0.15, 0.2) is 0 Å². The van der Waals surface area contributed by atoms with Crippen molar-refractivity contribution in [3.8, 4) is 0 Å². The number of nitrogens with one attached hydrogen (secondary N) is 1. The van der Waals surface area contributed by atoms with Crippen molar-refractivity contribution in [1.29, 1.82) is 0 Å². The van der Waals surface area contributed by atoms with Crippen molar-refractivity contribution in [2.75, 3.05) is 16.7 Å². The van der Waals surface area contributed by atoms with E-state index >= 15 is 0 Å². The molecule has 1 N–H and O–H groups in total. The monoisotopic (exact) mass is 450 g/mol. The first-order chi connectivity index (χ1) is 14.7. The fourth-order valence-corrected chi connectivity index (χ4v) is 5.30. The van der Waals surface area contributed by atoms with E-state index in [1.54, 1.807) is 42.5 Å². The second kappa shape index (κ2) is 8.17. The van der Waals surface area contributed by atoms with Crippen LogP contribution in [0.25, 0.3) is 10.1 Å². The van der Waals surface area contributed by atoms with Crippen LogP contribution in [0.2, 0.25) is 0 Å². The number of hydrogen-bond acceptors (Lipinski definition) is 4. The molecular weight excluding hydrogens is 428 g/mol. The normalized spacial score (nSPS) is 11.5. The Bertz CT molecular complexity index is 1360. The number of rotatable bonds is 5. The summed E-state index contributed by atoms with van der Waals surface area (Å²) in [6.45, 7) is 3.91. The molecule has 0 saturated carbocycles. The molecule has 0 radical (unpaired) electrons. The van der Waals surface area contributed by atoms with Crippen LogP contribution in [0.3, 0.4) is 0 Å². The summed E-state index contributed by atoms with van der Waals surface area (Å²) in [4.78, 5) is 13.5. The number of anilines is 2. The summed E-state index contributed by atoms with van der Waals surface area (Å²) in [6.07, 6.45) is 0. The number of nitrogens with zero attached hydrogens (tertiary/aromatic N) is 1. The van der Waals surface area contributed by atoms with Crippen LogP contribution >= 0.6 is 11.3 Å². The summed E-state index contributed by atoms with van der Waals surface area (Å²) in [5.41, 5.74) is 3.39. The van der Waals surface area contributed by atoms with Crippen molar-refractivity contribution in [1.82, 2.24) is 0 Å². The van der Waals surface area contributed by atoms with Crippen LogP contribution in [0.1, 0.15) is 20.8 Å². The summed E-state index contributed by atoms with van der Waals surface area (Å²) in [7, 11) is -2.14. The van der Waals surface area contributed by atoms with E-state index in [1.165, 1.54) is 22.7 Å². The van der Waals surface area contributed by atoms with Gasteiger partial charge in [0.1, 0.15) is 0 Å². The van der Waals surface area contributed by atoms with E-state index < -0.39 is 10.0 Å². The van der Waals surface area contributed by atoms with Gasteiger partial charge in [0, 0.05) is 17.4 Å². The van der Waals surface area contributed by atoms with Crippen molar-refractivity contribution >= 4 is 48.7 Å². The first kappa shape index (κ1) is 21.1. The zero-order chi connectivity index (χ0) is 22.2. The van der Waals surface area contributed by atoms with E-state index in [9.17, 15) is 13.2 Å². The third-order valence-corrected chi connectivity index (χ3v) is 7.99. The molecule has 1 heterocycles. The van der Waals surface area contributed by atoms with Gasteiger partial charge in [0.25, 0.3) is 15.9 Å². The van der Waals surface area contributed by atoms with Gasteiger partial charge in [-0.25, -0.2) is 8.42 Å². The summed E-state index contributed by atoms with van der Waals surface area (Å²) in [6, 6.07) is 21.6. The molecule has 0 aliphatic rings. The van der Waals surface area contributed by atoms with Gasteiger partial charge in [-0.1, -0.05) is 35.4 Å². The predicted molar refractivity (Wildman–Crippen MR) is 128 cm³/mol. The molecule has 0 saturated heterocycles. The zero-order valence-electron chi connectivity index (χ0n) is 17.4. The highest BCUT2D eigenvalue weighted by Gasteiger charge is 2.22. The first-order valence-corrected chi connectivity index (χ1v) is 12.0. The standard InChI is InChI=1S/C24H22N2O3S2/c1-16-4-8-19(9-5-16)25-24(27)23-15-18-14-20(10-13-22(18)30-23)26(3)31(28,29)21-11-6-17(2)7-12-21/h4-15H,1-3H3,(H,25,27). The Morgan fingerprint density at radius 2 is 1.48 bits per heavy atom. The number of carbonyl (C=O) groups excluding carboxylic acids is 1. The molecule has 0 aliphatic carbocycles. The second-order valence-corrected chi connectivity index (χ2v) is 10.5. The highest BCUT2D eigenvalue weighted by atomic mass is 32.2. The number of amides is 1. The van der Waals surface area contributed by atoms with Gasteiger partial charge in [-0.3, -0.25) is 9.10 Å². The van der Waals surface area contributed by atoms with E-state index in [1.807, 2.05) is 44.2 Å². The van der Waals surface area contributed by atoms with E-state index in [2.05, 4.69) is 5.32 Å². The lowest BCUT2D eigenvalue weighted by molar-refractivity contribution is 0.103. The van der Waals surface area contributed by atoms with Crippen LogP contribution in [0.5, 0.6) is 0 Å². The highest BCUT2D eigenvalue weighted by molar-refractivity contribution is 7.92. The van der Waals surface area contributed by atoms with Crippen LogP contribution in [-0.4, -0.2) is 21.4 Å². The average molecular weight is 451 g/mol. The van der Waals surface area contributed by atoms with Crippen LogP contribution in [0, 0.1) is 13.8 Å². The lowest BCUT2D eigenvalue weighted by Crippen LogP contribution is -2.26. The van der Waals surface area contributed by atoms with E-state index in [-0.39, 0.29) is 10.8 Å². The lowest BCUT2D eigenvalue weighted by Gasteiger charge is -2.19. The molecule has 0 atom stereocenters. The number of hydrogen-bond donors (Lipinski definition) is 1. The Balaban J connectivity index is 1.60. The van der Waals surface area contributed by atoms with Gasteiger partial charge in [0.05, 0.1) is 15.5 Å². The molecular formula is C24H22N2O3S2. The quantitative estimate of drug-likeness (QED) is 0.431. The summed E-state index contributed by atoms with van der Waals surface area (Å²) in [5.74, 6) is -0.188. The Morgan fingerprint density at radius 3 is 2.13 bits per heavy atom. The summed E-state index contributed by atoms with van der Waals surface area (Å²) < 4.78 is 28.2. The largest absolute Gasteiger partial charge is 0.321 e. The molecule has 4 rings (SSSR count). The van der Waals surface area contributed by atoms with Crippen LogP contribution in [-0.2, 0) is 10.0 Å². The maximum absolute atomic E-state index is 13.0. The zero-order valence-corrected chi connectivity index (χ0v) is 19.0. The third kappa shape index (κ3) is 4.33. The molecule has 3 aromatic carbocycles. The van der Waals surface area contributed by atoms with Crippen molar-refractivity contribution in [2.24, 2.45) is 0 Å². The Kier molecular flexibility index (Phi) is 5.56.